The number of hydrogen-bond donors (Lipinski definition) is 1. The monoisotopic (exact) mass is 600 g/mol. The van der Waals surface area contributed by atoms with Crippen LogP contribution in [0.2, 0.25) is 0 Å². The van der Waals surface area contributed by atoms with Crippen LogP contribution in [0.5, 0.6) is 0 Å². The summed E-state index contributed by atoms with van der Waals surface area (Å²) in [7, 11) is 0. The summed E-state index contributed by atoms with van der Waals surface area (Å²) in [5, 5.41) is 8.99. The molecular formula is C33H60O9. The molecule has 246 valence electrons. The third-order valence-electron chi connectivity index (χ3n) is 7.74. The van der Waals surface area contributed by atoms with Crippen LogP contribution in [0.15, 0.2) is 0 Å². The number of unbranched alkanes of at least 4 members (excludes halogenated alkanes) is 12. The van der Waals surface area contributed by atoms with Gasteiger partial charge in [-0.25, -0.2) is 14.4 Å². The maximum absolute atomic E-state index is 12.3. The lowest BCUT2D eigenvalue weighted by Crippen LogP contribution is -2.43. The van der Waals surface area contributed by atoms with Crippen LogP contribution >= 0.6 is 0 Å². The molecule has 3 unspecified atom stereocenters. The fourth-order valence-electron chi connectivity index (χ4n) is 5.28. The van der Waals surface area contributed by atoms with Gasteiger partial charge in [0.25, 0.3) is 0 Å². The van der Waals surface area contributed by atoms with Gasteiger partial charge in [0.1, 0.15) is 18.3 Å². The van der Waals surface area contributed by atoms with Gasteiger partial charge in [0.15, 0.2) is 0 Å². The smallest absolute Gasteiger partial charge is 0.450 e. The fraction of sp³-hybridized carbons (Fsp3) is 0.909. The first kappa shape index (κ1) is 37.8. The molecule has 0 spiro atoms. The van der Waals surface area contributed by atoms with Crippen molar-refractivity contribution in [1.82, 2.24) is 0 Å². The molecule has 0 aromatic heterocycles. The Balaban J connectivity index is 2.28. The summed E-state index contributed by atoms with van der Waals surface area (Å²) in [5.41, 5.74) is 0. The number of ether oxygens (including phenoxy) is 5. The lowest BCUT2D eigenvalue weighted by Gasteiger charge is -2.33. The molecule has 0 amide bonds. The van der Waals surface area contributed by atoms with Gasteiger partial charge in [0.05, 0.1) is 13.2 Å². The van der Waals surface area contributed by atoms with Crippen LogP contribution in [0.4, 0.5) is 14.4 Å². The topological polar surface area (TPSA) is 118 Å². The van der Waals surface area contributed by atoms with Gasteiger partial charge >= 0.3 is 18.5 Å². The molecule has 0 heterocycles. The third kappa shape index (κ3) is 21.5. The zero-order valence-electron chi connectivity index (χ0n) is 26.9. The number of carbonyl (C=O) groups excluding carboxylic acids is 2. The van der Waals surface area contributed by atoms with Crippen molar-refractivity contribution in [3.05, 3.63) is 0 Å². The molecule has 1 fully saturated rings. The van der Waals surface area contributed by atoms with Gasteiger partial charge in [0, 0.05) is 6.42 Å². The predicted octanol–water partition coefficient (Wildman–Crippen LogP) is 9.83. The largest absolute Gasteiger partial charge is 0.508 e. The fourth-order valence-corrected chi connectivity index (χ4v) is 5.28. The van der Waals surface area contributed by atoms with Crippen molar-refractivity contribution in [2.24, 2.45) is 11.8 Å². The highest BCUT2D eigenvalue weighted by Gasteiger charge is 2.38. The molecule has 1 aliphatic carbocycles. The van der Waals surface area contributed by atoms with Crippen molar-refractivity contribution in [2.75, 3.05) is 13.2 Å². The van der Waals surface area contributed by atoms with Crippen molar-refractivity contribution >= 4 is 18.5 Å². The van der Waals surface area contributed by atoms with Gasteiger partial charge in [-0.15, -0.1) is 0 Å². The van der Waals surface area contributed by atoms with Gasteiger partial charge in [-0.3, -0.25) is 0 Å². The van der Waals surface area contributed by atoms with E-state index in [1.54, 1.807) is 0 Å². The minimum absolute atomic E-state index is 0.0906. The summed E-state index contributed by atoms with van der Waals surface area (Å²) in [6.07, 6.45) is 13.7. The number of rotatable bonds is 23. The van der Waals surface area contributed by atoms with Crippen molar-refractivity contribution in [3.63, 3.8) is 0 Å². The van der Waals surface area contributed by atoms with E-state index < -0.39 is 36.8 Å². The Morgan fingerprint density at radius 1 is 0.571 bits per heavy atom. The molecule has 1 N–H and O–H groups in total. The molecule has 0 radical (unpaired) electrons. The first-order valence-corrected chi connectivity index (χ1v) is 16.7. The van der Waals surface area contributed by atoms with E-state index in [0.717, 1.165) is 50.4 Å². The van der Waals surface area contributed by atoms with Crippen LogP contribution in [0.3, 0.4) is 0 Å². The molecule has 42 heavy (non-hydrogen) atoms. The Morgan fingerprint density at radius 2 is 0.976 bits per heavy atom. The van der Waals surface area contributed by atoms with Gasteiger partial charge in [-0.05, 0) is 37.5 Å². The molecule has 0 aliphatic heterocycles. The van der Waals surface area contributed by atoms with Crippen molar-refractivity contribution < 1.29 is 43.2 Å². The maximum atomic E-state index is 12.3. The average Bonchev–Trinajstić information content (AvgIpc) is 2.91. The third-order valence-corrected chi connectivity index (χ3v) is 7.74. The minimum Gasteiger partial charge on any atom is -0.450 e. The quantitative estimate of drug-likeness (QED) is 0.0694. The summed E-state index contributed by atoms with van der Waals surface area (Å²) >= 11 is 0. The van der Waals surface area contributed by atoms with E-state index in [0.29, 0.717) is 12.8 Å². The minimum atomic E-state index is -1.39. The molecule has 9 nitrogen and oxygen atoms in total. The summed E-state index contributed by atoms with van der Waals surface area (Å²) in [4.78, 5) is 35.7. The maximum Gasteiger partial charge on any atom is 0.508 e. The van der Waals surface area contributed by atoms with Crippen LogP contribution in [-0.4, -0.2) is 55.1 Å². The second-order valence-electron chi connectivity index (χ2n) is 12.6. The van der Waals surface area contributed by atoms with E-state index in [-0.39, 0.29) is 19.6 Å². The molecular weight excluding hydrogens is 540 g/mol. The number of hydrogen-bond acceptors (Lipinski definition) is 8. The van der Waals surface area contributed by atoms with Crippen LogP contribution in [0, 0.1) is 11.8 Å². The first-order valence-electron chi connectivity index (χ1n) is 16.7. The first-order chi connectivity index (χ1) is 20.2. The standard InChI is InChI=1S/C33H60O9/c1-26(2)19-15-11-7-5-9-13-17-23-38-32(36)41-29-22-21-28(40-31(34)35)25-30(29)42-33(37)39-24-18-14-10-6-8-12-16-20-27(3)4/h26-30H,5-25H2,1-4H3,(H,34,35). The Morgan fingerprint density at radius 3 is 1.40 bits per heavy atom. The van der Waals surface area contributed by atoms with Crippen LogP contribution < -0.4 is 0 Å². The van der Waals surface area contributed by atoms with E-state index in [4.69, 9.17) is 28.8 Å². The molecule has 0 aromatic carbocycles. The van der Waals surface area contributed by atoms with Crippen molar-refractivity contribution in [1.29, 1.82) is 0 Å². The summed E-state index contributed by atoms with van der Waals surface area (Å²) in [6, 6.07) is 0. The average molecular weight is 601 g/mol. The van der Waals surface area contributed by atoms with Crippen LogP contribution in [0.25, 0.3) is 0 Å². The molecule has 9 heteroatoms. The van der Waals surface area contributed by atoms with Gasteiger partial charge in [-0.2, -0.15) is 0 Å². The van der Waals surface area contributed by atoms with E-state index in [1.807, 2.05) is 0 Å². The molecule has 0 bridgehead atoms. The highest BCUT2D eigenvalue weighted by molar-refractivity contribution is 5.61. The molecule has 1 aliphatic rings. The van der Waals surface area contributed by atoms with Crippen LogP contribution in [0.1, 0.15) is 150 Å². The second-order valence-corrected chi connectivity index (χ2v) is 12.6. The van der Waals surface area contributed by atoms with Crippen molar-refractivity contribution in [2.45, 2.75) is 168 Å². The number of carbonyl (C=O) groups is 3. The Bertz CT molecular complexity index is 710. The Hall–Kier alpha value is -2.19. The van der Waals surface area contributed by atoms with E-state index in [2.05, 4.69) is 27.7 Å². The lowest BCUT2D eigenvalue weighted by atomic mass is 9.92. The van der Waals surface area contributed by atoms with Gasteiger partial charge in [-0.1, -0.05) is 118 Å². The lowest BCUT2D eigenvalue weighted by molar-refractivity contribution is -0.0963. The van der Waals surface area contributed by atoms with E-state index in [9.17, 15) is 14.4 Å². The zero-order chi connectivity index (χ0) is 31.0. The van der Waals surface area contributed by atoms with Gasteiger partial charge in [0.2, 0.25) is 0 Å². The second kappa shape index (κ2) is 24.3. The van der Waals surface area contributed by atoms with Crippen LogP contribution in [-0.2, 0) is 23.7 Å². The SMILES string of the molecule is CC(C)CCCCCCCCCOC(=O)OC1CCC(OC(=O)O)CC1OC(=O)OCCCCCCCCCC(C)C. The summed E-state index contributed by atoms with van der Waals surface area (Å²) in [6.45, 7) is 9.54. The summed E-state index contributed by atoms with van der Waals surface area (Å²) < 4.78 is 26.3. The molecule has 1 rings (SSSR count). The summed E-state index contributed by atoms with van der Waals surface area (Å²) in [5.74, 6) is 1.53. The van der Waals surface area contributed by atoms with Crippen molar-refractivity contribution in [3.8, 4) is 0 Å². The normalized spacial score (nSPS) is 18.6. The van der Waals surface area contributed by atoms with E-state index in [1.165, 1.54) is 64.2 Å². The van der Waals surface area contributed by atoms with E-state index >= 15 is 0 Å². The highest BCUT2D eigenvalue weighted by atomic mass is 16.8. The Labute approximate surface area is 254 Å². The molecule has 0 saturated heterocycles. The zero-order valence-corrected chi connectivity index (χ0v) is 26.9. The molecule has 1 saturated carbocycles. The predicted molar refractivity (Wildman–Crippen MR) is 163 cm³/mol. The Kier molecular flexibility index (Phi) is 21.9. The highest BCUT2D eigenvalue weighted by Crippen LogP contribution is 2.27. The number of carboxylic acid groups (broad SMARTS) is 1. The molecule has 0 aromatic rings. The van der Waals surface area contributed by atoms with Gasteiger partial charge < -0.3 is 28.8 Å². The molecule has 3 atom stereocenters.